The summed E-state index contributed by atoms with van der Waals surface area (Å²) in [5, 5.41) is 2.21. The minimum atomic E-state index is -0.855. The number of pyridine rings is 1. The molecule has 0 aliphatic rings. The number of aromatic nitrogens is 3. The predicted molar refractivity (Wildman–Crippen MR) is 97.6 cm³/mol. The Morgan fingerprint density at radius 2 is 1.81 bits per heavy atom. The summed E-state index contributed by atoms with van der Waals surface area (Å²) in [6.45, 7) is 0.657. The van der Waals surface area contributed by atoms with E-state index in [1.165, 1.54) is 18.5 Å². The van der Waals surface area contributed by atoms with E-state index in [2.05, 4.69) is 20.3 Å². The van der Waals surface area contributed by atoms with Gasteiger partial charge in [-0.3, -0.25) is 9.78 Å². The van der Waals surface area contributed by atoms with Gasteiger partial charge in [0.15, 0.2) is 0 Å². The molecule has 27 heavy (non-hydrogen) atoms. The van der Waals surface area contributed by atoms with Gasteiger partial charge in [-0.2, -0.15) is 0 Å². The van der Waals surface area contributed by atoms with Crippen LogP contribution in [0.3, 0.4) is 0 Å². The first kappa shape index (κ1) is 18.4. The highest BCUT2D eigenvalue weighted by atomic mass is 19.1. The molecule has 138 valence electrons. The van der Waals surface area contributed by atoms with Gasteiger partial charge in [-0.1, -0.05) is 6.07 Å². The molecule has 2 aromatic heterocycles. The van der Waals surface area contributed by atoms with Gasteiger partial charge in [-0.25, -0.2) is 18.7 Å². The summed E-state index contributed by atoms with van der Waals surface area (Å²) >= 11 is 0. The summed E-state index contributed by atoms with van der Waals surface area (Å²) < 4.78 is 27.4. The lowest BCUT2D eigenvalue weighted by Crippen LogP contribution is -2.23. The van der Waals surface area contributed by atoms with Crippen molar-refractivity contribution < 1.29 is 13.6 Å². The summed E-state index contributed by atoms with van der Waals surface area (Å²) in [5.41, 5.74) is 0.631. The van der Waals surface area contributed by atoms with Crippen molar-refractivity contribution in [3.63, 3.8) is 0 Å². The summed E-state index contributed by atoms with van der Waals surface area (Å²) in [4.78, 5) is 26.2. The molecular formula is C19H17F2N5O. The Morgan fingerprint density at radius 1 is 1.11 bits per heavy atom. The molecule has 0 fully saturated rings. The maximum atomic E-state index is 13.7. The van der Waals surface area contributed by atoms with Crippen LogP contribution >= 0.6 is 0 Å². The molecular weight excluding hydrogens is 352 g/mol. The summed E-state index contributed by atoms with van der Waals surface area (Å²) in [6.07, 6.45) is 5.46. The molecule has 0 bridgehead atoms. The third kappa shape index (κ3) is 4.60. The van der Waals surface area contributed by atoms with E-state index in [1.807, 2.05) is 24.1 Å². The molecule has 6 nitrogen and oxygen atoms in total. The quantitative estimate of drug-likeness (QED) is 0.723. The van der Waals surface area contributed by atoms with Gasteiger partial charge in [0, 0.05) is 32.1 Å². The Bertz CT molecular complexity index is 916. The molecule has 0 saturated carbocycles. The predicted octanol–water partition coefficient (Wildman–Crippen LogP) is 3.08. The van der Waals surface area contributed by atoms with Crippen LogP contribution in [0.25, 0.3) is 0 Å². The number of halogens is 2. The molecule has 1 N–H and O–H groups in total. The molecule has 1 aromatic carbocycles. The third-order valence-electron chi connectivity index (χ3n) is 3.96. The van der Waals surface area contributed by atoms with Crippen LogP contribution in [0.1, 0.15) is 16.1 Å². The van der Waals surface area contributed by atoms with Crippen LogP contribution in [0.15, 0.2) is 55.1 Å². The molecule has 3 rings (SSSR count). The number of rotatable bonds is 6. The molecule has 1 amide bonds. The molecule has 0 unspecified atom stereocenters. The minimum Gasteiger partial charge on any atom is -0.359 e. The van der Waals surface area contributed by atoms with Gasteiger partial charge in [-0.15, -0.1) is 0 Å². The first-order valence-electron chi connectivity index (χ1n) is 8.22. The van der Waals surface area contributed by atoms with Crippen LogP contribution in [-0.2, 0) is 6.42 Å². The number of carbonyl (C=O) groups is 1. The van der Waals surface area contributed by atoms with Crippen molar-refractivity contribution in [1.29, 1.82) is 0 Å². The Balaban J connectivity index is 1.70. The van der Waals surface area contributed by atoms with E-state index < -0.39 is 23.2 Å². The Morgan fingerprint density at radius 3 is 2.52 bits per heavy atom. The van der Waals surface area contributed by atoms with E-state index in [-0.39, 0.29) is 5.69 Å². The average Bonchev–Trinajstić information content (AvgIpc) is 2.70. The number of hydrogen-bond acceptors (Lipinski definition) is 5. The first-order chi connectivity index (χ1) is 13.0. The fourth-order valence-electron chi connectivity index (χ4n) is 2.44. The molecule has 0 spiro atoms. The van der Waals surface area contributed by atoms with Gasteiger partial charge in [-0.05, 0) is 36.2 Å². The van der Waals surface area contributed by atoms with Crippen LogP contribution in [0.4, 0.5) is 20.3 Å². The van der Waals surface area contributed by atoms with Crippen molar-refractivity contribution in [3.05, 3.63) is 78.0 Å². The third-order valence-corrected chi connectivity index (χ3v) is 3.96. The highest BCUT2D eigenvalue weighted by Gasteiger charge is 2.16. The van der Waals surface area contributed by atoms with E-state index in [1.54, 1.807) is 12.4 Å². The summed E-state index contributed by atoms with van der Waals surface area (Å²) in [7, 11) is 1.84. The maximum absolute atomic E-state index is 13.7. The largest absolute Gasteiger partial charge is 0.359 e. The van der Waals surface area contributed by atoms with Crippen molar-refractivity contribution in [2.75, 3.05) is 23.8 Å². The van der Waals surface area contributed by atoms with E-state index >= 15 is 0 Å². The molecule has 3 aromatic rings. The number of para-hydroxylation sites is 1. The molecule has 0 atom stereocenters. The van der Waals surface area contributed by atoms with Crippen molar-refractivity contribution in [2.24, 2.45) is 0 Å². The second-order valence-electron chi connectivity index (χ2n) is 5.84. The topological polar surface area (TPSA) is 71.0 Å². The maximum Gasteiger partial charge on any atom is 0.274 e. The van der Waals surface area contributed by atoms with Gasteiger partial charge in [0.25, 0.3) is 5.91 Å². The Hall–Kier alpha value is -3.42. The number of benzene rings is 1. The SMILES string of the molecule is CN(CCc1ccncc1)c1cc(C(=O)Nc2c(F)cccc2F)ncn1. The number of nitrogens with one attached hydrogen (secondary N) is 1. The van der Waals surface area contributed by atoms with E-state index in [0.29, 0.717) is 12.4 Å². The zero-order chi connectivity index (χ0) is 19.2. The van der Waals surface area contributed by atoms with E-state index in [0.717, 1.165) is 24.1 Å². The molecule has 0 aliphatic heterocycles. The first-order valence-corrected chi connectivity index (χ1v) is 8.22. The number of likely N-dealkylation sites (N-methyl/N-ethyl adjacent to an activating group) is 1. The highest BCUT2D eigenvalue weighted by molar-refractivity contribution is 6.03. The standard InChI is InChI=1S/C19H17F2N5O/c1-26(10-7-13-5-8-22-9-6-13)17-11-16(23-12-24-17)19(27)25-18-14(20)3-2-4-15(18)21/h2-6,8-9,11-12H,7,10H2,1H3,(H,25,27). The van der Waals surface area contributed by atoms with E-state index in [4.69, 9.17) is 0 Å². The smallest absolute Gasteiger partial charge is 0.274 e. The zero-order valence-corrected chi connectivity index (χ0v) is 14.6. The molecule has 0 saturated heterocycles. The fourth-order valence-corrected chi connectivity index (χ4v) is 2.44. The van der Waals surface area contributed by atoms with Crippen LogP contribution in [0, 0.1) is 11.6 Å². The number of hydrogen-bond donors (Lipinski definition) is 1. The number of amides is 1. The van der Waals surface area contributed by atoms with Crippen molar-refractivity contribution in [2.45, 2.75) is 6.42 Å². The lowest BCUT2D eigenvalue weighted by molar-refractivity contribution is 0.102. The molecule has 0 radical (unpaired) electrons. The van der Waals surface area contributed by atoms with Gasteiger partial charge >= 0.3 is 0 Å². The van der Waals surface area contributed by atoms with Crippen LogP contribution < -0.4 is 10.2 Å². The number of anilines is 2. The normalized spacial score (nSPS) is 10.5. The Labute approximate surface area is 154 Å². The van der Waals surface area contributed by atoms with Crippen molar-refractivity contribution in [3.8, 4) is 0 Å². The molecule has 2 heterocycles. The minimum absolute atomic E-state index is 0.0124. The molecule has 0 aliphatic carbocycles. The lowest BCUT2D eigenvalue weighted by atomic mass is 10.2. The summed E-state index contributed by atoms with van der Waals surface area (Å²) in [5.74, 6) is -1.90. The van der Waals surface area contributed by atoms with Crippen LogP contribution in [0.2, 0.25) is 0 Å². The number of nitrogens with zero attached hydrogens (tertiary/aromatic N) is 4. The van der Waals surface area contributed by atoms with Gasteiger partial charge in [0.1, 0.15) is 35.2 Å². The van der Waals surface area contributed by atoms with Crippen LogP contribution in [-0.4, -0.2) is 34.5 Å². The zero-order valence-electron chi connectivity index (χ0n) is 14.6. The van der Waals surface area contributed by atoms with Gasteiger partial charge < -0.3 is 10.2 Å². The fraction of sp³-hybridized carbons (Fsp3) is 0.158. The second-order valence-corrected chi connectivity index (χ2v) is 5.84. The second kappa shape index (κ2) is 8.31. The average molecular weight is 369 g/mol. The monoisotopic (exact) mass is 369 g/mol. The van der Waals surface area contributed by atoms with Gasteiger partial charge in [0.2, 0.25) is 0 Å². The van der Waals surface area contributed by atoms with Crippen LogP contribution in [0.5, 0.6) is 0 Å². The van der Waals surface area contributed by atoms with Crippen molar-refractivity contribution in [1.82, 2.24) is 15.0 Å². The summed E-state index contributed by atoms with van der Waals surface area (Å²) in [6, 6.07) is 8.68. The highest BCUT2D eigenvalue weighted by Crippen LogP contribution is 2.19. The molecule has 8 heteroatoms. The number of carbonyl (C=O) groups excluding carboxylic acids is 1. The van der Waals surface area contributed by atoms with Gasteiger partial charge in [0.05, 0.1) is 0 Å². The van der Waals surface area contributed by atoms with Crippen molar-refractivity contribution >= 4 is 17.4 Å². The lowest BCUT2D eigenvalue weighted by Gasteiger charge is -2.18. The Kier molecular flexibility index (Phi) is 5.65. The van der Waals surface area contributed by atoms with E-state index in [9.17, 15) is 13.6 Å².